The highest BCUT2D eigenvalue weighted by molar-refractivity contribution is 5.30. The fourth-order valence-electron chi connectivity index (χ4n) is 4.22. The number of nitrogens with zero attached hydrogens (tertiary/aromatic N) is 3. The SMILES string of the molecule is C=NN(/C=C(\N)CN1CCC(c2cccc(O)c2)CC1)C1CCC(F)(F)CC1. The van der Waals surface area contributed by atoms with Crippen LogP contribution in [0.3, 0.4) is 0 Å². The minimum atomic E-state index is -2.56. The first kappa shape index (κ1) is 20.6. The van der Waals surface area contributed by atoms with Crippen LogP contribution >= 0.6 is 0 Å². The second-order valence-electron chi connectivity index (χ2n) is 7.96. The third-order valence-corrected chi connectivity index (χ3v) is 5.86. The highest BCUT2D eigenvalue weighted by Gasteiger charge is 2.36. The van der Waals surface area contributed by atoms with Crippen molar-refractivity contribution in [2.24, 2.45) is 10.8 Å². The van der Waals surface area contributed by atoms with E-state index in [9.17, 15) is 13.9 Å². The Labute approximate surface area is 165 Å². The first-order valence-corrected chi connectivity index (χ1v) is 9.96. The maximum atomic E-state index is 13.4. The van der Waals surface area contributed by atoms with Crippen molar-refractivity contribution < 1.29 is 13.9 Å². The summed E-state index contributed by atoms with van der Waals surface area (Å²) < 4.78 is 26.7. The van der Waals surface area contributed by atoms with Crippen molar-refractivity contribution in [1.29, 1.82) is 0 Å². The summed E-state index contributed by atoms with van der Waals surface area (Å²) in [5.74, 6) is -1.80. The van der Waals surface area contributed by atoms with Gasteiger partial charge in [-0.05, 0) is 62.4 Å². The molecule has 1 aliphatic heterocycles. The number of alkyl halides is 2. The molecular weight excluding hydrogens is 362 g/mol. The molecule has 2 fully saturated rings. The Balaban J connectivity index is 1.50. The van der Waals surface area contributed by atoms with Gasteiger partial charge in [0.1, 0.15) is 5.75 Å². The van der Waals surface area contributed by atoms with E-state index in [0.29, 0.717) is 36.8 Å². The van der Waals surface area contributed by atoms with Gasteiger partial charge in [-0.2, -0.15) is 5.10 Å². The number of hydrogen-bond acceptors (Lipinski definition) is 5. The van der Waals surface area contributed by atoms with E-state index in [1.165, 1.54) is 5.56 Å². The lowest BCUT2D eigenvalue weighted by atomic mass is 9.89. The molecular formula is C21H30F2N4O. The van der Waals surface area contributed by atoms with Gasteiger partial charge in [0.05, 0.1) is 6.04 Å². The lowest BCUT2D eigenvalue weighted by Crippen LogP contribution is -2.38. The number of rotatable bonds is 6. The third kappa shape index (κ3) is 5.44. The molecule has 0 atom stereocenters. The molecule has 0 unspecified atom stereocenters. The number of benzene rings is 1. The fourth-order valence-corrected chi connectivity index (χ4v) is 4.22. The van der Waals surface area contributed by atoms with Crippen LogP contribution in [0.15, 0.2) is 41.3 Å². The summed E-state index contributed by atoms with van der Waals surface area (Å²) in [4.78, 5) is 2.29. The van der Waals surface area contributed by atoms with Crippen LogP contribution in [0.25, 0.3) is 0 Å². The first-order valence-electron chi connectivity index (χ1n) is 9.96. The molecule has 3 N–H and O–H groups in total. The number of piperidine rings is 1. The minimum Gasteiger partial charge on any atom is -0.508 e. The highest BCUT2D eigenvalue weighted by Crippen LogP contribution is 2.35. The predicted octanol–water partition coefficient (Wildman–Crippen LogP) is 3.87. The van der Waals surface area contributed by atoms with Crippen LogP contribution in [-0.4, -0.2) is 53.3 Å². The summed E-state index contributed by atoms with van der Waals surface area (Å²) in [6.45, 7) is 6.05. The maximum absolute atomic E-state index is 13.4. The normalized spacial score (nSPS) is 22.1. The molecule has 1 aromatic rings. The quantitative estimate of drug-likeness (QED) is 0.570. The van der Waals surface area contributed by atoms with Gasteiger partial charge in [-0.15, -0.1) is 0 Å². The Morgan fingerprint density at radius 2 is 1.96 bits per heavy atom. The molecule has 2 aliphatic rings. The smallest absolute Gasteiger partial charge is 0.248 e. The van der Waals surface area contributed by atoms with Crippen molar-refractivity contribution in [1.82, 2.24) is 9.91 Å². The predicted molar refractivity (Wildman–Crippen MR) is 107 cm³/mol. The van der Waals surface area contributed by atoms with Crippen LogP contribution < -0.4 is 5.73 Å². The molecule has 7 heteroatoms. The molecule has 0 bridgehead atoms. The summed E-state index contributed by atoms with van der Waals surface area (Å²) in [6.07, 6.45) is 4.34. The third-order valence-electron chi connectivity index (χ3n) is 5.86. The monoisotopic (exact) mass is 392 g/mol. The van der Waals surface area contributed by atoms with Gasteiger partial charge < -0.3 is 10.8 Å². The van der Waals surface area contributed by atoms with Gasteiger partial charge in [0.2, 0.25) is 5.92 Å². The lowest BCUT2D eigenvalue weighted by molar-refractivity contribution is -0.0492. The van der Waals surface area contributed by atoms with Crippen molar-refractivity contribution in [2.75, 3.05) is 19.6 Å². The van der Waals surface area contributed by atoms with Gasteiger partial charge >= 0.3 is 0 Å². The van der Waals surface area contributed by atoms with Crippen LogP contribution in [0.4, 0.5) is 8.78 Å². The number of hydrazone groups is 1. The van der Waals surface area contributed by atoms with Crippen molar-refractivity contribution in [3.8, 4) is 5.75 Å². The second kappa shape index (κ2) is 8.90. The Bertz CT molecular complexity index is 691. The number of phenolic OH excluding ortho intramolecular Hbond substituents is 1. The number of halogens is 2. The van der Waals surface area contributed by atoms with E-state index in [1.807, 2.05) is 12.1 Å². The molecule has 1 heterocycles. The zero-order valence-corrected chi connectivity index (χ0v) is 16.2. The summed E-state index contributed by atoms with van der Waals surface area (Å²) in [5, 5.41) is 15.3. The van der Waals surface area contributed by atoms with Crippen molar-refractivity contribution >= 4 is 6.72 Å². The van der Waals surface area contributed by atoms with E-state index in [0.717, 1.165) is 25.9 Å². The minimum absolute atomic E-state index is 0.0628. The average molecular weight is 392 g/mol. The van der Waals surface area contributed by atoms with E-state index < -0.39 is 5.92 Å². The zero-order valence-electron chi connectivity index (χ0n) is 16.2. The first-order chi connectivity index (χ1) is 13.4. The van der Waals surface area contributed by atoms with E-state index in [4.69, 9.17) is 5.73 Å². The molecule has 1 aromatic carbocycles. The Hall–Kier alpha value is -2.15. The summed E-state index contributed by atoms with van der Waals surface area (Å²) in [7, 11) is 0. The van der Waals surface area contributed by atoms with Gasteiger partial charge in [-0.3, -0.25) is 9.91 Å². The van der Waals surface area contributed by atoms with Crippen molar-refractivity contribution in [3.63, 3.8) is 0 Å². The van der Waals surface area contributed by atoms with Crippen LogP contribution in [-0.2, 0) is 0 Å². The van der Waals surface area contributed by atoms with Gasteiger partial charge in [0, 0.05) is 38.0 Å². The van der Waals surface area contributed by atoms with Crippen LogP contribution in [0, 0.1) is 0 Å². The Morgan fingerprint density at radius 1 is 1.29 bits per heavy atom. The number of nitrogens with two attached hydrogens (primary N) is 1. The van der Waals surface area contributed by atoms with Gasteiger partial charge in [-0.1, -0.05) is 12.1 Å². The molecule has 0 amide bonds. The largest absolute Gasteiger partial charge is 0.508 e. The highest BCUT2D eigenvalue weighted by atomic mass is 19.3. The standard InChI is InChI=1S/C21H30F2N4O/c1-25-27(19-5-9-21(22,23)10-6-19)15-18(24)14-26-11-7-16(8-12-26)17-3-2-4-20(28)13-17/h2-4,13,15-16,19,28H,1,5-12,14,24H2/b18-15-. The van der Waals surface area contributed by atoms with Crippen LogP contribution in [0.2, 0.25) is 0 Å². The molecule has 1 saturated heterocycles. The Morgan fingerprint density at radius 3 is 2.57 bits per heavy atom. The summed E-state index contributed by atoms with van der Waals surface area (Å²) >= 11 is 0. The van der Waals surface area contributed by atoms with E-state index in [-0.39, 0.29) is 18.9 Å². The zero-order chi connectivity index (χ0) is 20.1. The molecule has 1 aliphatic carbocycles. The molecule has 154 valence electrons. The topological polar surface area (TPSA) is 65.1 Å². The van der Waals surface area contributed by atoms with Crippen molar-refractivity contribution in [2.45, 2.75) is 56.4 Å². The number of hydrogen-bond donors (Lipinski definition) is 2. The average Bonchev–Trinajstić information content (AvgIpc) is 2.67. The van der Waals surface area contributed by atoms with E-state index in [2.05, 4.69) is 22.8 Å². The van der Waals surface area contributed by atoms with Crippen LogP contribution in [0.1, 0.15) is 50.0 Å². The molecule has 0 spiro atoms. The second-order valence-corrected chi connectivity index (χ2v) is 7.96. The number of phenols is 1. The van der Waals surface area contributed by atoms with Gasteiger partial charge in [0.15, 0.2) is 0 Å². The van der Waals surface area contributed by atoms with E-state index in [1.54, 1.807) is 17.3 Å². The lowest BCUT2D eigenvalue weighted by Gasteiger charge is -2.34. The number of aromatic hydroxyl groups is 1. The van der Waals surface area contributed by atoms with Gasteiger partial charge in [-0.25, -0.2) is 8.78 Å². The molecule has 0 aromatic heterocycles. The summed E-state index contributed by atoms with van der Waals surface area (Å²) in [5.41, 5.74) is 8.06. The van der Waals surface area contributed by atoms with E-state index >= 15 is 0 Å². The van der Waals surface area contributed by atoms with Crippen LogP contribution in [0.5, 0.6) is 5.75 Å². The van der Waals surface area contributed by atoms with Gasteiger partial charge in [0.25, 0.3) is 0 Å². The molecule has 28 heavy (non-hydrogen) atoms. The maximum Gasteiger partial charge on any atom is 0.248 e. The molecule has 3 rings (SSSR count). The fraction of sp³-hybridized carbons (Fsp3) is 0.571. The summed E-state index contributed by atoms with van der Waals surface area (Å²) in [6, 6.07) is 7.42. The Kier molecular flexibility index (Phi) is 6.54. The van der Waals surface area contributed by atoms with Crippen molar-refractivity contribution in [3.05, 3.63) is 41.7 Å². The molecule has 1 saturated carbocycles. The number of likely N-dealkylation sites (tertiary alicyclic amines) is 1. The molecule has 0 radical (unpaired) electrons. The molecule has 5 nitrogen and oxygen atoms in total.